The lowest BCUT2D eigenvalue weighted by Gasteiger charge is -2.23. The summed E-state index contributed by atoms with van der Waals surface area (Å²) >= 11 is 5.30. The van der Waals surface area contributed by atoms with E-state index in [0.29, 0.717) is 6.54 Å². The van der Waals surface area contributed by atoms with Crippen LogP contribution in [0.1, 0.15) is 11.1 Å². The van der Waals surface area contributed by atoms with E-state index < -0.39 is 5.72 Å². The van der Waals surface area contributed by atoms with Crippen molar-refractivity contribution in [2.24, 2.45) is 0 Å². The van der Waals surface area contributed by atoms with Crippen LogP contribution in [0.15, 0.2) is 53.0 Å². The molecule has 0 spiro atoms. The molecule has 4 rings (SSSR count). The first kappa shape index (κ1) is 15.2. The van der Waals surface area contributed by atoms with Crippen molar-refractivity contribution in [2.75, 3.05) is 23.7 Å². The molecule has 0 saturated heterocycles. The Hall–Kier alpha value is -1.30. The van der Waals surface area contributed by atoms with E-state index in [2.05, 4.69) is 56.6 Å². The van der Waals surface area contributed by atoms with Crippen molar-refractivity contribution in [2.45, 2.75) is 12.6 Å². The first-order valence-electron chi connectivity index (χ1n) is 7.68. The summed E-state index contributed by atoms with van der Waals surface area (Å²) in [6.45, 7) is 3.55. The van der Waals surface area contributed by atoms with E-state index in [1.807, 2.05) is 36.0 Å². The van der Waals surface area contributed by atoms with Gasteiger partial charge in [-0.25, -0.2) is 9.48 Å². The zero-order valence-electron chi connectivity index (χ0n) is 12.9. The number of rotatable bonds is 2. The summed E-state index contributed by atoms with van der Waals surface area (Å²) in [6, 6.07) is 16.4. The fraction of sp³-hybridized carbons (Fsp3) is 0.278. The summed E-state index contributed by atoms with van der Waals surface area (Å²) in [6.07, 6.45) is 0. The molecule has 2 aromatic rings. The molecule has 1 unspecified atom stereocenters. The van der Waals surface area contributed by atoms with E-state index in [1.54, 1.807) is 0 Å². The third kappa shape index (κ3) is 2.42. The Morgan fingerprint density at radius 2 is 1.91 bits per heavy atom. The Kier molecular flexibility index (Phi) is 3.75. The van der Waals surface area contributed by atoms with E-state index in [-0.39, 0.29) is 0 Å². The monoisotopic (exact) mass is 389 g/mol. The molecule has 1 atom stereocenters. The molecular weight excluding hydrogens is 372 g/mol. The second kappa shape index (κ2) is 5.65. The van der Waals surface area contributed by atoms with Crippen LogP contribution >= 0.6 is 27.7 Å². The van der Waals surface area contributed by atoms with Gasteiger partial charge in [-0.3, -0.25) is 0 Å². The van der Waals surface area contributed by atoms with E-state index in [1.165, 1.54) is 11.3 Å². The third-order valence-corrected chi connectivity index (χ3v) is 6.16. The second-order valence-corrected chi connectivity index (χ2v) is 7.96. The Balaban J connectivity index is 1.80. The Morgan fingerprint density at radius 3 is 2.65 bits per heavy atom. The number of amidine groups is 1. The predicted molar refractivity (Wildman–Crippen MR) is 99.2 cm³/mol. The Bertz CT molecular complexity index is 790. The molecule has 2 aromatic carbocycles. The van der Waals surface area contributed by atoms with Crippen molar-refractivity contribution in [3.63, 3.8) is 0 Å². The number of aliphatic hydroxyl groups is 1. The molecular formula is C18H18BrN2OS+. The van der Waals surface area contributed by atoms with Crippen molar-refractivity contribution >= 4 is 38.5 Å². The van der Waals surface area contributed by atoms with Gasteiger partial charge < -0.3 is 5.11 Å². The zero-order valence-corrected chi connectivity index (χ0v) is 15.3. The average molecular weight is 390 g/mol. The molecule has 118 valence electrons. The molecule has 0 fully saturated rings. The number of anilines is 1. The number of nitrogens with zero attached hydrogens (tertiary/aromatic N) is 2. The first-order chi connectivity index (χ1) is 11.1. The molecule has 0 aliphatic carbocycles. The fourth-order valence-electron chi connectivity index (χ4n) is 3.36. The highest BCUT2D eigenvalue weighted by molar-refractivity contribution is 9.10. The van der Waals surface area contributed by atoms with Crippen LogP contribution in [-0.4, -0.2) is 33.7 Å². The van der Waals surface area contributed by atoms with Gasteiger partial charge in [-0.15, -0.1) is 0 Å². The molecule has 0 amide bonds. The zero-order chi connectivity index (χ0) is 16.0. The summed E-state index contributed by atoms with van der Waals surface area (Å²) in [7, 11) is 0. The number of para-hydroxylation sites is 1. The average Bonchev–Trinajstić information content (AvgIpc) is 3.13. The van der Waals surface area contributed by atoms with Gasteiger partial charge in [-0.1, -0.05) is 46.3 Å². The lowest BCUT2D eigenvalue weighted by molar-refractivity contribution is -0.650. The molecule has 0 aromatic heterocycles. The number of thioether (sulfide) groups is 1. The van der Waals surface area contributed by atoms with Gasteiger partial charge in [-0.2, -0.15) is 0 Å². The third-order valence-electron chi connectivity index (χ3n) is 4.55. The lowest BCUT2D eigenvalue weighted by atomic mass is 10.0. The minimum Gasteiger partial charge on any atom is -0.346 e. The highest BCUT2D eigenvalue weighted by Crippen LogP contribution is 2.39. The van der Waals surface area contributed by atoms with Gasteiger partial charge in [0.1, 0.15) is 5.69 Å². The van der Waals surface area contributed by atoms with Gasteiger partial charge in [0.2, 0.25) is 0 Å². The molecule has 2 aliphatic heterocycles. The normalized spacial score (nSPS) is 23.5. The molecule has 2 aliphatic rings. The maximum atomic E-state index is 11.5. The number of benzene rings is 2. The van der Waals surface area contributed by atoms with Gasteiger partial charge in [0, 0.05) is 15.8 Å². The van der Waals surface area contributed by atoms with Crippen LogP contribution < -0.4 is 4.90 Å². The molecule has 1 N–H and O–H groups in total. The van der Waals surface area contributed by atoms with Crippen LogP contribution in [0, 0.1) is 6.92 Å². The van der Waals surface area contributed by atoms with E-state index in [4.69, 9.17) is 0 Å². The highest BCUT2D eigenvalue weighted by Gasteiger charge is 2.54. The first-order valence-corrected chi connectivity index (χ1v) is 9.46. The summed E-state index contributed by atoms with van der Waals surface area (Å²) in [5.41, 5.74) is 2.38. The predicted octanol–water partition coefficient (Wildman–Crippen LogP) is 3.54. The number of hydrogen-bond acceptors (Lipinski definition) is 3. The number of halogens is 1. The maximum absolute atomic E-state index is 11.5. The standard InChI is InChI=1S/C18H18BrN2OS/c1-13-4-2-3-5-16(13)20-12-18(22,21-10-11-23-17(20)21)14-6-8-15(19)9-7-14/h2-9,22H,10-12H2,1H3/q+1. The van der Waals surface area contributed by atoms with E-state index in [9.17, 15) is 5.11 Å². The summed E-state index contributed by atoms with van der Waals surface area (Å²) in [5.74, 6) is 1.01. The second-order valence-electron chi connectivity index (χ2n) is 5.98. The van der Waals surface area contributed by atoms with Crippen LogP contribution in [0.3, 0.4) is 0 Å². The van der Waals surface area contributed by atoms with Gasteiger partial charge in [0.05, 0.1) is 6.54 Å². The Labute approximate surface area is 148 Å². The van der Waals surface area contributed by atoms with Gasteiger partial charge >= 0.3 is 5.17 Å². The molecule has 3 nitrogen and oxygen atoms in total. The summed E-state index contributed by atoms with van der Waals surface area (Å²) in [5, 5.41) is 12.6. The lowest BCUT2D eigenvalue weighted by Crippen LogP contribution is -2.41. The summed E-state index contributed by atoms with van der Waals surface area (Å²) in [4.78, 5) is 2.26. The van der Waals surface area contributed by atoms with E-state index in [0.717, 1.165) is 27.5 Å². The van der Waals surface area contributed by atoms with Crippen molar-refractivity contribution < 1.29 is 9.68 Å². The molecule has 5 heteroatoms. The van der Waals surface area contributed by atoms with Gasteiger partial charge in [0.15, 0.2) is 6.54 Å². The largest absolute Gasteiger partial charge is 0.346 e. The quantitative estimate of drug-likeness (QED) is 0.795. The van der Waals surface area contributed by atoms with Crippen LogP contribution in [0.4, 0.5) is 5.69 Å². The highest BCUT2D eigenvalue weighted by atomic mass is 79.9. The maximum Gasteiger partial charge on any atom is 0.316 e. The van der Waals surface area contributed by atoms with Crippen molar-refractivity contribution in [1.29, 1.82) is 0 Å². The minimum atomic E-state index is -0.970. The topological polar surface area (TPSA) is 26.5 Å². The molecule has 23 heavy (non-hydrogen) atoms. The number of hydrogen-bond donors (Lipinski definition) is 1. The summed E-state index contributed by atoms with van der Waals surface area (Å²) < 4.78 is 3.17. The van der Waals surface area contributed by atoms with Gasteiger partial charge in [-0.05, 0) is 42.4 Å². The molecule has 2 heterocycles. The van der Waals surface area contributed by atoms with Crippen molar-refractivity contribution in [1.82, 2.24) is 0 Å². The fourth-order valence-corrected chi connectivity index (χ4v) is 4.80. The molecule has 0 bridgehead atoms. The van der Waals surface area contributed by atoms with Crippen molar-refractivity contribution in [3.05, 3.63) is 64.1 Å². The van der Waals surface area contributed by atoms with Gasteiger partial charge in [0.25, 0.3) is 5.72 Å². The SMILES string of the molecule is Cc1ccccc1N1CC(O)(c2ccc(Br)cc2)[N+]2=C1SCC2. The molecule has 0 saturated carbocycles. The van der Waals surface area contributed by atoms with Crippen LogP contribution in [-0.2, 0) is 5.72 Å². The molecule has 0 radical (unpaired) electrons. The van der Waals surface area contributed by atoms with Crippen LogP contribution in [0.5, 0.6) is 0 Å². The smallest absolute Gasteiger partial charge is 0.316 e. The number of β-amino-alcohol motifs (C(OH)–C–C–N with tert-alkyl or cyclic N) is 1. The van der Waals surface area contributed by atoms with Crippen LogP contribution in [0.25, 0.3) is 0 Å². The van der Waals surface area contributed by atoms with Crippen LogP contribution in [0.2, 0.25) is 0 Å². The van der Waals surface area contributed by atoms with E-state index >= 15 is 0 Å². The van der Waals surface area contributed by atoms with Crippen molar-refractivity contribution in [3.8, 4) is 0 Å². The minimum absolute atomic E-state index is 0.557. The number of aryl methyl sites for hydroxylation is 1. The Morgan fingerprint density at radius 1 is 1.17 bits per heavy atom.